The number of carbonyl (C=O) groups is 2. The molecule has 2 N–H and O–H groups in total. The van der Waals surface area contributed by atoms with Gasteiger partial charge in [-0.3, -0.25) is 9.59 Å². The number of anilines is 1. The summed E-state index contributed by atoms with van der Waals surface area (Å²) in [5.41, 5.74) is -0.262. The van der Waals surface area contributed by atoms with Crippen molar-refractivity contribution < 1.29 is 32.6 Å². The Balaban J connectivity index is 1.89. The molecule has 0 saturated carbocycles. The first-order chi connectivity index (χ1) is 14.2. The maximum atomic E-state index is 13.1. The van der Waals surface area contributed by atoms with E-state index in [1.54, 1.807) is 18.2 Å². The van der Waals surface area contributed by atoms with E-state index in [0.717, 1.165) is 18.2 Å². The Hall–Kier alpha value is -3.81. The zero-order chi connectivity index (χ0) is 21.7. The van der Waals surface area contributed by atoms with Crippen molar-refractivity contribution in [2.24, 2.45) is 0 Å². The van der Waals surface area contributed by atoms with Gasteiger partial charge in [-0.05, 0) is 48.0 Å². The maximum Gasteiger partial charge on any atom is 0.416 e. The predicted molar refractivity (Wildman–Crippen MR) is 104 cm³/mol. The van der Waals surface area contributed by atoms with Crippen LogP contribution in [0.15, 0.2) is 72.8 Å². The number of aliphatic carboxylic acids is 1. The van der Waals surface area contributed by atoms with Gasteiger partial charge < -0.3 is 15.2 Å². The zero-order valence-electron chi connectivity index (χ0n) is 15.4. The molecule has 0 unspecified atom stereocenters. The van der Waals surface area contributed by atoms with E-state index in [4.69, 9.17) is 9.84 Å². The number of halogens is 3. The Bertz CT molecular complexity index is 1050. The van der Waals surface area contributed by atoms with Crippen molar-refractivity contribution in [1.29, 1.82) is 0 Å². The third-order valence-corrected chi connectivity index (χ3v) is 4.10. The molecule has 0 heterocycles. The Kier molecular flexibility index (Phi) is 6.06. The molecule has 0 aliphatic carbocycles. The Morgan fingerprint density at radius 2 is 1.60 bits per heavy atom. The summed E-state index contributed by atoms with van der Waals surface area (Å²) < 4.78 is 45.0. The smallest absolute Gasteiger partial charge is 0.416 e. The lowest BCUT2D eigenvalue weighted by atomic mass is 10.1. The summed E-state index contributed by atoms with van der Waals surface area (Å²) in [5.74, 6) is -1.29. The molecule has 3 aromatic rings. The van der Waals surface area contributed by atoms with Crippen LogP contribution in [0, 0.1) is 0 Å². The highest BCUT2D eigenvalue weighted by Crippen LogP contribution is 2.37. The lowest BCUT2D eigenvalue weighted by molar-refractivity contribution is -0.138. The summed E-state index contributed by atoms with van der Waals surface area (Å²) >= 11 is 0. The number of carboxylic acids is 1. The molecule has 0 aromatic heterocycles. The number of benzene rings is 3. The van der Waals surface area contributed by atoms with E-state index in [9.17, 15) is 22.8 Å². The van der Waals surface area contributed by atoms with E-state index in [1.165, 1.54) is 36.4 Å². The molecule has 3 rings (SSSR count). The van der Waals surface area contributed by atoms with E-state index in [-0.39, 0.29) is 29.2 Å². The summed E-state index contributed by atoms with van der Waals surface area (Å²) in [6, 6.07) is 16.9. The van der Waals surface area contributed by atoms with Crippen LogP contribution in [0.4, 0.5) is 18.9 Å². The number of hydrogen-bond acceptors (Lipinski definition) is 3. The van der Waals surface area contributed by atoms with Crippen LogP contribution in [0.25, 0.3) is 0 Å². The van der Waals surface area contributed by atoms with Crippen molar-refractivity contribution in [2.45, 2.75) is 12.6 Å². The topological polar surface area (TPSA) is 75.6 Å². The second kappa shape index (κ2) is 8.69. The summed E-state index contributed by atoms with van der Waals surface area (Å²) in [5, 5.41) is 11.3. The molecular formula is C22H16F3NO4. The number of amides is 1. The Morgan fingerprint density at radius 3 is 2.20 bits per heavy atom. The third-order valence-electron chi connectivity index (χ3n) is 4.10. The minimum atomic E-state index is -4.59. The lowest BCUT2D eigenvalue weighted by Crippen LogP contribution is -2.14. The van der Waals surface area contributed by atoms with Gasteiger partial charge in [0.1, 0.15) is 5.75 Å². The lowest BCUT2D eigenvalue weighted by Gasteiger charge is -2.15. The molecule has 0 aliphatic heterocycles. The van der Waals surface area contributed by atoms with Crippen molar-refractivity contribution in [1.82, 2.24) is 0 Å². The molecule has 1 amide bonds. The van der Waals surface area contributed by atoms with E-state index >= 15 is 0 Å². The summed E-state index contributed by atoms with van der Waals surface area (Å²) in [6.07, 6.45) is -4.76. The second-order valence-electron chi connectivity index (χ2n) is 6.35. The highest BCUT2D eigenvalue weighted by Gasteiger charge is 2.31. The fourth-order valence-electron chi connectivity index (χ4n) is 2.65. The summed E-state index contributed by atoms with van der Waals surface area (Å²) in [7, 11) is 0. The molecule has 154 valence electrons. The summed E-state index contributed by atoms with van der Waals surface area (Å²) in [6.45, 7) is 0. The van der Waals surface area contributed by atoms with Crippen LogP contribution in [0.2, 0.25) is 0 Å². The molecular weight excluding hydrogens is 399 g/mol. The van der Waals surface area contributed by atoms with E-state index in [1.807, 2.05) is 0 Å². The van der Waals surface area contributed by atoms with Gasteiger partial charge in [0.15, 0.2) is 5.75 Å². The maximum absolute atomic E-state index is 13.1. The normalized spacial score (nSPS) is 11.0. The molecule has 0 bridgehead atoms. The van der Waals surface area contributed by atoms with Crippen LogP contribution in [0.1, 0.15) is 21.5 Å². The van der Waals surface area contributed by atoms with E-state index < -0.39 is 23.6 Å². The van der Waals surface area contributed by atoms with Crippen LogP contribution in [-0.4, -0.2) is 17.0 Å². The number of ether oxygens (including phenoxy) is 1. The number of hydrogen-bond donors (Lipinski definition) is 2. The van der Waals surface area contributed by atoms with Crippen LogP contribution in [0.5, 0.6) is 11.5 Å². The van der Waals surface area contributed by atoms with Crippen molar-refractivity contribution >= 4 is 17.6 Å². The highest BCUT2D eigenvalue weighted by molar-refractivity contribution is 6.05. The average Bonchev–Trinajstić information content (AvgIpc) is 2.70. The van der Waals surface area contributed by atoms with Gasteiger partial charge in [-0.25, -0.2) is 0 Å². The predicted octanol–water partition coefficient (Wildman–Crippen LogP) is 5.38. The van der Waals surface area contributed by atoms with E-state index in [2.05, 4.69) is 5.32 Å². The van der Waals surface area contributed by atoms with Crippen LogP contribution < -0.4 is 10.1 Å². The van der Waals surface area contributed by atoms with Crippen LogP contribution >= 0.6 is 0 Å². The molecule has 0 fully saturated rings. The fourth-order valence-corrected chi connectivity index (χ4v) is 2.65. The molecule has 8 heteroatoms. The number of alkyl halides is 3. The standard InChI is InChI=1S/C22H16F3NO4/c23-22(24,25)16-8-11-19(30-17-9-6-14(7-10-17)12-20(27)28)18(13-16)26-21(29)15-4-2-1-3-5-15/h1-11,13H,12H2,(H,26,29)(H,27,28). The highest BCUT2D eigenvalue weighted by atomic mass is 19.4. The van der Waals surface area contributed by atoms with Crippen LogP contribution in [0.3, 0.4) is 0 Å². The van der Waals surface area contributed by atoms with Crippen molar-refractivity contribution in [3.05, 3.63) is 89.5 Å². The van der Waals surface area contributed by atoms with Gasteiger partial charge in [-0.15, -0.1) is 0 Å². The first-order valence-corrected chi connectivity index (χ1v) is 8.78. The minimum Gasteiger partial charge on any atom is -0.481 e. The molecule has 0 spiro atoms. The Labute approximate surface area is 169 Å². The molecule has 3 aromatic carbocycles. The van der Waals surface area contributed by atoms with Gasteiger partial charge >= 0.3 is 12.1 Å². The largest absolute Gasteiger partial charge is 0.481 e. The SMILES string of the molecule is O=C(O)Cc1ccc(Oc2ccc(C(F)(F)F)cc2NC(=O)c2ccccc2)cc1. The fraction of sp³-hybridized carbons (Fsp3) is 0.0909. The molecule has 0 atom stereocenters. The number of carbonyl (C=O) groups excluding carboxylic acids is 1. The quantitative estimate of drug-likeness (QED) is 0.567. The van der Waals surface area contributed by atoms with Gasteiger partial charge in [0, 0.05) is 5.56 Å². The first-order valence-electron chi connectivity index (χ1n) is 8.78. The first kappa shape index (κ1) is 20.9. The van der Waals surface area contributed by atoms with Gasteiger partial charge in [0.2, 0.25) is 0 Å². The van der Waals surface area contributed by atoms with Crippen molar-refractivity contribution in [2.75, 3.05) is 5.32 Å². The van der Waals surface area contributed by atoms with Gasteiger partial charge in [-0.2, -0.15) is 13.2 Å². The van der Waals surface area contributed by atoms with Gasteiger partial charge in [0.25, 0.3) is 5.91 Å². The summed E-state index contributed by atoms with van der Waals surface area (Å²) in [4.78, 5) is 23.2. The molecule has 30 heavy (non-hydrogen) atoms. The number of nitrogens with one attached hydrogen (secondary N) is 1. The average molecular weight is 415 g/mol. The molecule has 5 nitrogen and oxygen atoms in total. The van der Waals surface area contributed by atoms with Crippen LogP contribution in [-0.2, 0) is 17.4 Å². The second-order valence-corrected chi connectivity index (χ2v) is 6.35. The van der Waals surface area contributed by atoms with Gasteiger partial charge in [0.05, 0.1) is 17.7 Å². The van der Waals surface area contributed by atoms with E-state index in [0.29, 0.717) is 5.56 Å². The Morgan fingerprint density at radius 1 is 0.933 bits per heavy atom. The molecule has 0 saturated heterocycles. The van der Waals surface area contributed by atoms with Crippen molar-refractivity contribution in [3.63, 3.8) is 0 Å². The minimum absolute atomic E-state index is 0.0123. The zero-order valence-corrected chi connectivity index (χ0v) is 15.4. The monoisotopic (exact) mass is 415 g/mol. The molecule has 0 radical (unpaired) electrons. The molecule has 0 aliphatic rings. The van der Waals surface area contributed by atoms with Gasteiger partial charge in [-0.1, -0.05) is 30.3 Å². The third kappa shape index (κ3) is 5.38. The number of rotatable bonds is 6. The number of carboxylic acid groups (broad SMARTS) is 1. The van der Waals surface area contributed by atoms with Crippen molar-refractivity contribution in [3.8, 4) is 11.5 Å².